The van der Waals surface area contributed by atoms with Gasteiger partial charge in [0.2, 0.25) is 15.9 Å². The van der Waals surface area contributed by atoms with Crippen LogP contribution in [0.3, 0.4) is 0 Å². The number of rotatable bonds is 6. The summed E-state index contributed by atoms with van der Waals surface area (Å²) in [5.74, 6) is -1.44. The van der Waals surface area contributed by atoms with Crippen LogP contribution in [0.25, 0.3) is 23.0 Å². The Morgan fingerprint density at radius 2 is 1.54 bits per heavy atom. The Morgan fingerprint density at radius 3 is 2.10 bits per heavy atom. The topological polar surface area (TPSA) is 109 Å². The molecule has 0 radical (unpaired) electrons. The zero-order valence-electron chi connectivity index (χ0n) is 21.4. The van der Waals surface area contributed by atoms with Gasteiger partial charge >= 0.3 is 12.4 Å². The molecule has 218 valence electrons. The summed E-state index contributed by atoms with van der Waals surface area (Å²) in [5.41, 5.74) is 1.78. The van der Waals surface area contributed by atoms with Gasteiger partial charge in [0, 0.05) is 43.5 Å². The molecule has 1 saturated heterocycles. The SMILES string of the molecule is CN1CCN(S(=O)(=O)c2cccc(/C(=C\c3ccnc(-c4cc(C(F)(F)F)cc(C(F)(F)F)c4)n3)C(N)=O)c2)CC1. The Morgan fingerprint density at radius 1 is 0.927 bits per heavy atom. The van der Waals surface area contributed by atoms with Crippen LogP contribution in [0.2, 0.25) is 0 Å². The first kappa shape index (κ1) is 30.1. The Labute approximate surface area is 231 Å². The van der Waals surface area contributed by atoms with E-state index in [1.165, 1.54) is 34.6 Å². The number of carbonyl (C=O) groups excluding carboxylic acids is 1. The second-order valence-corrected chi connectivity index (χ2v) is 11.2. The lowest BCUT2D eigenvalue weighted by Crippen LogP contribution is -2.47. The molecule has 0 atom stereocenters. The number of piperazine rings is 1. The van der Waals surface area contributed by atoms with Gasteiger partial charge in [0.25, 0.3) is 0 Å². The monoisotopic (exact) mass is 599 g/mol. The average molecular weight is 600 g/mol. The highest BCUT2D eigenvalue weighted by Crippen LogP contribution is 2.38. The predicted molar refractivity (Wildman–Crippen MR) is 137 cm³/mol. The van der Waals surface area contributed by atoms with E-state index in [4.69, 9.17) is 5.73 Å². The molecular weight excluding hydrogens is 576 g/mol. The molecule has 1 aliphatic rings. The van der Waals surface area contributed by atoms with E-state index >= 15 is 0 Å². The van der Waals surface area contributed by atoms with Gasteiger partial charge in [-0.2, -0.15) is 30.6 Å². The normalized spacial score (nSPS) is 16.1. The Hall–Kier alpha value is -3.82. The number of sulfonamides is 1. The molecule has 4 rings (SSSR count). The minimum Gasteiger partial charge on any atom is -0.366 e. The number of primary amides is 1. The van der Waals surface area contributed by atoms with Crippen molar-refractivity contribution in [1.29, 1.82) is 0 Å². The Kier molecular flexibility index (Phi) is 8.25. The summed E-state index contributed by atoms with van der Waals surface area (Å²) in [5, 5.41) is 0. The maximum Gasteiger partial charge on any atom is 0.416 e. The number of alkyl halides is 6. The van der Waals surface area contributed by atoms with Gasteiger partial charge in [0.05, 0.1) is 21.7 Å². The van der Waals surface area contributed by atoms with Gasteiger partial charge in [-0.15, -0.1) is 0 Å². The smallest absolute Gasteiger partial charge is 0.366 e. The molecule has 0 spiro atoms. The molecular formula is C26H23F6N5O3S. The van der Waals surface area contributed by atoms with Gasteiger partial charge in [0.15, 0.2) is 5.82 Å². The molecule has 1 aromatic heterocycles. The van der Waals surface area contributed by atoms with E-state index in [2.05, 4.69) is 9.97 Å². The first-order valence-corrected chi connectivity index (χ1v) is 13.4. The lowest BCUT2D eigenvalue weighted by Gasteiger charge is -2.31. The van der Waals surface area contributed by atoms with E-state index in [9.17, 15) is 39.6 Å². The quantitative estimate of drug-likeness (QED) is 0.337. The number of aromatic nitrogens is 2. The summed E-state index contributed by atoms with van der Waals surface area (Å²) in [6.07, 6.45) is -7.90. The molecule has 2 N–H and O–H groups in total. The van der Waals surface area contributed by atoms with Crippen molar-refractivity contribution in [2.45, 2.75) is 17.2 Å². The molecule has 0 unspecified atom stereocenters. The number of carbonyl (C=O) groups is 1. The molecule has 8 nitrogen and oxygen atoms in total. The fraction of sp³-hybridized carbons (Fsp3) is 0.269. The van der Waals surface area contributed by atoms with Crippen molar-refractivity contribution in [1.82, 2.24) is 19.2 Å². The fourth-order valence-electron chi connectivity index (χ4n) is 4.12. The zero-order chi connectivity index (χ0) is 30.2. The Bertz CT molecular complexity index is 1570. The summed E-state index contributed by atoms with van der Waals surface area (Å²) in [6, 6.07) is 7.70. The molecule has 1 amide bonds. The van der Waals surface area contributed by atoms with E-state index in [1.54, 1.807) is 0 Å². The number of hydrogen-bond donors (Lipinski definition) is 1. The molecule has 15 heteroatoms. The standard InChI is InChI=1S/C26H23F6N5O3S/c1-36-7-9-37(10-8-36)41(39,40)21-4-2-3-16(13-21)22(23(33)38)15-20-5-6-34-24(35-20)17-11-18(25(27,28)29)14-19(12-17)26(30,31)32/h2-6,11-15H,7-10H2,1H3,(H2,33,38)/b22-15+. The lowest BCUT2D eigenvalue weighted by molar-refractivity contribution is -0.143. The maximum atomic E-state index is 13.3. The van der Waals surface area contributed by atoms with Crippen LogP contribution in [0.5, 0.6) is 0 Å². The van der Waals surface area contributed by atoms with Gasteiger partial charge < -0.3 is 10.6 Å². The van der Waals surface area contributed by atoms with E-state index in [0.717, 1.165) is 12.3 Å². The molecule has 0 bridgehead atoms. The van der Waals surface area contributed by atoms with Crippen molar-refractivity contribution in [3.05, 3.63) is 77.1 Å². The molecule has 41 heavy (non-hydrogen) atoms. The van der Waals surface area contributed by atoms with Crippen LogP contribution in [0.15, 0.2) is 59.6 Å². The lowest BCUT2D eigenvalue weighted by atomic mass is 10.0. The number of amides is 1. The molecule has 0 aliphatic carbocycles. The minimum absolute atomic E-state index is 0.0123. The number of hydrogen-bond acceptors (Lipinski definition) is 6. The maximum absolute atomic E-state index is 13.3. The van der Waals surface area contributed by atoms with Crippen LogP contribution in [-0.2, 0) is 27.2 Å². The summed E-state index contributed by atoms with van der Waals surface area (Å²) in [7, 11) is -2.03. The number of nitrogens with zero attached hydrogens (tertiary/aromatic N) is 4. The highest BCUT2D eigenvalue weighted by atomic mass is 32.2. The predicted octanol–water partition coefficient (Wildman–Crippen LogP) is 4.14. The third-order valence-electron chi connectivity index (χ3n) is 6.33. The second kappa shape index (κ2) is 11.2. The summed E-state index contributed by atoms with van der Waals surface area (Å²) < 4.78 is 108. The highest BCUT2D eigenvalue weighted by Gasteiger charge is 2.37. The van der Waals surface area contributed by atoms with Crippen molar-refractivity contribution >= 4 is 27.6 Å². The van der Waals surface area contributed by atoms with Crippen molar-refractivity contribution < 1.29 is 39.6 Å². The first-order chi connectivity index (χ1) is 19.1. The van der Waals surface area contributed by atoms with Crippen LogP contribution in [0.4, 0.5) is 26.3 Å². The number of nitrogens with two attached hydrogens (primary N) is 1. The molecule has 3 aromatic rings. The number of halogens is 6. The average Bonchev–Trinajstić information content (AvgIpc) is 2.91. The second-order valence-electron chi connectivity index (χ2n) is 9.26. The fourth-order valence-corrected chi connectivity index (χ4v) is 5.59. The number of benzene rings is 2. The van der Waals surface area contributed by atoms with Crippen LogP contribution >= 0.6 is 0 Å². The van der Waals surface area contributed by atoms with E-state index < -0.39 is 50.8 Å². The molecule has 0 saturated carbocycles. The van der Waals surface area contributed by atoms with Crippen molar-refractivity contribution in [2.75, 3.05) is 33.2 Å². The highest BCUT2D eigenvalue weighted by molar-refractivity contribution is 7.89. The van der Waals surface area contributed by atoms with Crippen molar-refractivity contribution in [3.8, 4) is 11.4 Å². The summed E-state index contributed by atoms with van der Waals surface area (Å²) >= 11 is 0. The van der Waals surface area contributed by atoms with Crippen molar-refractivity contribution in [3.63, 3.8) is 0 Å². The van der Waals surface area contributed by atoms with Crippen LogP contribution in [-0.4, -0.2) is 66.7 Å². The summed E-state index contributed by atoms with van der Waals surface area (Å²) in [6.45, 7) is 1.63. The van der Waals surface area contributed by atoms with Crippen molar-refractivity contribution in [2.24, 2.45) is 5.73 Å². The largest absolute Gasteiger partial charge is 0.416 e. The van der Waals surface area contributed by atoms with Gasteiger partial charge in [-0.1, -0.05) is 12.1 Å². The van der Waals surface area contributed by atoms with Gasteiger partial charge in [-0.3, -0.25) is 4.79 Å². The molecule has 2 heterocycles. The molecule has 1 aliphatic heterocycles. The van der Waals surface area contributed by atoms with E-state index in [-0.39, 0.29) is 40.9 Å². The number of likely N-dealkylation sites (N-methyl/N-ethyl adjacent to an activating group) is 1. The van der Waals surface area contributed by atoms with Gasteiger partial charge in [-0.25, -0.2) is 18.4 Å². The van der Waals surface area contributed by atoms with Crippen LogP contribution in [0, 0.1) is 0 Å². The van der Waals surface area contributed by atoms with Gasteiger partial charge in [0.1, 0.15) is 0 Å². The van der Waals surface area contributed by atoms with Crippen LogP contribution in [0.1, 0.15) is 22.4 Å². The summed E-state index contributed by atoms with van der Waals surface area (Å²) in [4.78, 5) is 22.1. The molecule has 1 fully saturated rings. The first-order valence-electron chi connectivity index (χ1n) is 12.0. The molecule has 2 aromatic carbocycles. The van der Waals surface area contributed by atoms with Crippen LogP contribution < -0.4 is 5.73 Å². The van der Waals surface area contributed by atoms with Gasteiger partial charge in [-0.05, 0) is 55.1 Å². The Balaban J connectivity index is 1.74. The minimum atomic E-state index is -5.07. The third-order valence-corrected chi connectivity index (χ3v) is 8.22. The van der Waals surface area contributed by atoms with E-state index in [0.29, 0.717) is 25.2 Å². The zero-order valence-corrected chi connectivity index (χ0v) is 22.2. The third kappa shape index (κ3) is 6.92. The van der Waals surface area contributed by atoms with E-state index in [1.807, 2.05) is 11.9 Å².